The highest BCUT2D eigenvalue weighted by Gasteiger charge is 2.34. The molecule has 3 aliphatic rings. The van der Waals surface area contributed by atoms with E-state index in [1.807, 2.05) is 24.6 Å². The van der Waals surface area contributed by atoms with Crippen molar-refractivity contribution in [1.82, 2.24) is 20.1 Å². The van der Waals surface area contributed by atoms with Gasteiger partial charge in [-0.3, -0.25) is 9.80 Å². The lowest BCUT2D eigenvalue weighted by molar-refractivity contribution is 0.0122. The molecule has 2 bridgehead atoms. The molecule has 4 rings (SSSR count). The van der Waals surface area contributed by atoms with E-state index in [0.717, 1.165) is 6.54 Å². The third-order valence-corrected chi connectivity index (χ3v) is 4.58. The number of fused-ring (bicyclic) bond motifs is 3. The monoisotopic (exact) mass is 238 g/mol. The molecule has 1 aromatic rings. The second-order valence-electron chi connectivity index (χ2n) is 4.55. The van der Waals surface area contributed by atoms with Gasteiger partial charge >= 0.3 is 0 Å². The van der Waals surface area contributed by atoms with Crippen LogP contribution in [-0.2, 0) is 6.54 Å². The lowest BCUT2D eigenvalue weighted by Crippen LogP contribution is -2.56. The van der Waals surface area contributed by atoms with E-state index in [1.54, 1.807) is 0 Å². The van der Waals surface area contributed by atoms with Crippen LogP contribution in [0.2, 0.25) is 0 Å². The van der Waals surface area contributed by atoms with Crippen LogP contribution in [-0.4, -0.2) is 54.6 Å². The highest BCUT2D eigenvalue weighted by atomic mass is 32.1. The zero-order valence-corrected chi connectivity index (χ0v) is 10.5. The summed E-state index contributed by atoms with van der Waals surface area (Å²) < 4.78 is 0. The Morgan fingerprint density at radius 2 is 2.25 bits per heavy atom. The molecule has 5 heteroatoms. The summed E-state index contributed by atoms with van der Waals surface area (Å²) in [6.07, 6.45) is 2.02. The number of piperazine rings is 3. The fraction of sp³-hybridized carbons (Fsp3) is 0.727. The molecule has 3 aliphatic heterocycles. The van der Waals surface area contributed by atoms with Gasteiger partial charge in [0.15, 0.2) is 0 Å². The van der Waals surface area contributed by atoms with Crippen LogP contribution in [0.15, 0.2) is 6.20 Å². The van der Waals surface area contributed by atoms with Crippen LogP contribution in [0, 0.1) is 0 Å². The van der Waals surface area contributed by atoms with Crippen molar-refractivity contribution in [2.24, 2.45) is 0 Å². The summed E-state index contributed by atoms with van der Waals surface area (Å²) in [5.41, 5.74) is 0. The Hall–Kier alpha value is -0.490. The molecule has 1 unspecified atom stereocenters. The van der Waals surface area contributed by atoms with Crippen LogP contribution in [0.25, 0.3) is 0 Å². The molecule has 1 N–H and O–H groups in total. The Morgan fingerprint density at radius 1 is 1.44 bits per heavy atom. The molecule has 4 nitrogen and oxygen atoms in total. The molecule has 0 aliphatic carbocycles. The smallest absolute Gasteiger partial charge is 0.111 e. The second-order valence-corrected chi connectivity index (χ2v) is 5.69. The van der Waals surface area contributed by atoms with Gasteiger partial charge in [0, 0.05) is 50.3 Å². The maximum Gasteiger partial charge on any atom is 0.111 e. The zero-order chi connectivity index (χ0) is 11.0. The Labute approximate surface area is 100 Å². The minimum Gasteiger partial charge on any atom is -0.315 e. The molecule has 3 fully saturated rings. The van der Waals surface area contributed by atoms with Crippen LogP contribution >= 0.6 is 11.3 Å². The average Bonchev–Trinajstić information content (AvgIpc) is 2.80. The van der Waals surface area contributed by atoms with Crippen molar-refractivity contribution in [3.8, 4) is 0 Å². The second kappa shape index (κ2) is 4.41. The van der Waals surface area contributed by atoms with E-state index in [4.69, 9.17) is 0 Å². The molecular formula is C11H18N4S. The minimum absolute atomic E-state index is 0.554. The summed E-state index contributed by atoms with van der Waals surface area (Å²) in [5.74, 6) is 0. The van der Waals surface area contributed by atoms with E-state index in [2.05, 4.69) is 20.1 Å². The van der Waals surface area contributed by atoms with Gasteiger partial charge in [-0.15, -0.1) is 11.3 Å². The highest BCUT2D eigenvalue weighted by molar-refractivity contribution is 7.11. The van der Waals surface area contributed by atoms with Crippen LogP contribution in [0.3, 0.4) is 0 Å². The summed E-state index contributed by atoms with van der Waals surface area (Å²) >= 11 is 1.86. The predicted octanol–water partition coefficient (Wildman–Crippen LogP) is 0.535. The molecule has 0 aromatic carbocycles. The van der Waals surface area contributed by atoms with Crippen molar-refractivity contribution < 1.29 is 0 Å². The van der Waals surface area contributed by atoms with E-state index in [-0.39, 0.29) is 0 Å². The van der Waals surface area contributed by atoms with Gasteiger partial charge in [0.05, 0.1) is 6.04 Å². The molecule has 0 radical (unpaired) electrons. The van der Waals surface area contributed by atoms with Crippen molar-refractivity contribution in [2.75, 3.05) is 39.8 Å². The Morgan fingerprint density at radius 3 is 2.88 bits per heavy atom. The van der Waals surface area contributed by atoms with E-state index >= 15 is 0 Å². The van der Waals surface area contributed by atoms with Crippen molar-refractivity contribution in [1.29, 1.82) is 0 Å². The Bertz CT molecular complexity index is 357. The van der Waals surface area contributed by atoms with E-state index in [0.29, 0.717) is 6.04 Å². The van der Waals surface area contributed by atoms with Gasteiger partial charge in [0.2, 0.25) is 0 Å². The van der Waals surface area contributed by atoms with Crippen molar-refractivity contribution in [2.45, 2.75) is 12.6 Å². The van der Waals surface area contributed by atoms with Gasteiger partial charge < -0.3 is 5.32 Å². The molecular weight excluding hydrogens is 220 g/mol. The van der Waals surface area contributed by atoms with E-state index < -0.39 is 0 Å². The van der Waals surface area contributed by atoms with Crippen molar-refractivity contribution >= 4 is 11.3 Å². The number of hydrogen-bond acceptors (Lipinski definition) is 5. The topological polar surface area (TPSA) is 31.4 Å². The summed E-state index contributed by atoms with van der Waals surface area (Å²) in [5, 5.41) is 4.48. The number of thiazole rings is 1. The predicted molar refractivity (Wildman–Crippen MR) is 65.6 cm³/mol. The van der Waals surface area contributed by atoms with Gasteiger partial charge in [-0.25, -0.2) is 4.98 Å². The zero-order valence-electron chi connectivity index (χ0n) is 9.65. The van der Waals surface area contributed by atoms with Crippen LogP contribution in [0.5, 0.6) is 0 Å². The number of aromatic nitrogens is 1. The molecule has 0 amide bonds. The molecule has 0 spiro atoms. The maximum absolute atomic E-state index is 4.59. The van der Waals surface area contributed by atoms with Gasteiger partial charge in [0.1, 0.15) is 5.01 Å². The number of nitrogens with zero attached hydrogens (tertiary/aromatic N) is 3. The van der Waals surface area contributed by atoms with Crippen LogP contribution in [0.4, 0.5) is 0 Å². The first-order valence-corrected chi connectivity index (χ1v) is 6.74. The first-order chi connectivity index (χ1) is 7.86. The van der Waals surface area contributed by atoms with E-state index in [9.17, 15) is 0 Å². The number of hydrogen-bond donors (Lipinski definition) is 1. The molecule has 4 heterocycles. The molecule has 16 heavy (non-hydrogen) atoms. The van der Waals surface area contributed by atoms with Crippen molar-refractivity contribution in [3.05, 3.63) is 16.1 Å². The maximum atomic E-state index is 4.59. The summed E-state index contributed by atoms with van der Waals surface area (Å²) in [6.45, 7) is 7.02. The average molecular weight is 238 g/mol. The number of nitrogens with one attached hydrogen (secondary N) is 1. The summed E-state index contributed by atoms with van der Waals surface area (Å²) in [6, 6.07) is 0.554. The Balaban J connectivity index is 1.76. The Kier molecular flexibility index (Phi) is 2.93. The van der Waals surface area contributed by atoms with Crippen molar-refractivity contribution in [3.63, 3.8) is 0 Å². The SMILES string of the molecule is CNCc1cnc(C2CN3CCN2CC3)s1. The third-order valence-electron chi connectivity index (χ3n) is 3.49. The van der Waals surface area contributed by atoms with E-state index in [1.165, 1.54) is 42.6 Å². The third kappa shape index (κ3) is 1.88. The summed E-state index contributed by atoms with van der Waals surface area (Å²) in [7, 11) is 1.98. The molecule has 0 saturated carbocycles. The van der Waals surface area contributed by atoms with Gasteiger partial charge in [-0.05, 0) is 7.05 Å². The quantitative estimate of drug-likeness (QED) is 0.832. The molecule has 1 aromatic heterocycles. The fourth-order valence-corrected chi connectivity index (χ4v) is 3.64. The largest absolute Gasteiger partial charge is 0.315 e. The normalized spacial score (nSPS) is 33.2. The first-order valence-electron chi connectivity index (χ1n) is 5.92. The van der Waals surface area contributed by atoms with Crippen LogP contribution < -0.4 is 5.32 Å². The summed E-state index contributed by atoms with van der Waals surface area (Å²) in [4.78, 5) is 11.1. The lowest BCUT2D eigenvalue weighted by Gasteiger charge is -2.46. The number of rotatable bonds is 3. The fourth-order valence-electron chi connectivity index (χ4n) is 2.58. The molecule has 3 saturated heterocycles. The lowest BCUT2D eigenvalue weighted by atomic mass is 10.1. The molecule has 88 valence electrons. The van der Waals surface area contributed by atoms with Gasteiger partial charge in [0.25, 0.3) is 0 Å². The molecule has 1 atom stereocenters. The highest BCUT2D eigenvalue weighted by Crippen LogP contribution is 2.31. The first kappa shape index (κ1) is 10.7. The van der Waals surface area contributed by atoms with Crippen LogP contribution in [0.1, 0.15) is 15.9 Å². The standard InChI is InChI=1S/C11H18N4S/c1-12-6-9-7-13-11(16-9)10-8-14-2-4-15(10)5-3-14/h7,10,12H,2-6,8H2,1H3. The van der Waals surface area contributed by atoms with Gasteiger partial charge in [-0.1, -0.05) is 0 Å². The minimum atomic E-state index is 0.554. The van der Waals surface area contributed by atoms with Gasteiger partial charge in [-0.2, -0.15) is 0 Å².